The van der Waals surface area contributed by atoms with Crippen molar-refractivity contribution in [2.24, 2.45) is 0 Å². The molecule has 0 spiro atoms. The van der Waals surface area contributed by atoms with Gasteiger partial charge in [0, 0.05) is 37.7 Å². The number of piperidine rings is 1. The normalized spacial score (nSPS) is 18.8. The molecule has 1 atom stereocenters. The molecule has 4 rings (SSSR count). The molecule has 2 aliphatic rings. The fourth-order valence-corrected chi connectivity index (χ4v) is 4.42. The van der Waals surface area contributed by atoms with Crippen LogP contribution in [0, 0.1) is 6.92 Å². The molecule has 0 saturated carbocycles. The number of rotatable bonds is 6. The van der Waals surface area contributed by atoms with E-state index in [1.54, 1.807) is 4.57 Å². The molecule has 3 N–H and O–H groups in total. The molecule has 30 heavy (non-hydrogen) atoms. The van der Waals surface area contributed by atoms with Gasteiger partial charge in [-0.05, 0) is 44.9 Å². The molecule has 1 fully saturated rings. The number of aliphatic hydroxyl groups is 1. The lowest BCUT2D eigenvalue weighted by Gasteiger charge is -2.32. The average molecular weight is 415 g/mol. The zero-order chi connectivity index (χ0) is 21.3. The monoisotopic (exact) mass is 415 g/mol. The van der Waals surface area contributed by atoms with Crippen LogP contribution in [0.4, 0.5) is 5.82 Å². The molecule has 0 amide bonds. The van der Waals surface area contributed by atoms with Crippen molar-refractivity contribution in [3.8, 4) is 22.9 Å². The Bertz CT molecular complexity index is 988. The Hall–Kier alpha value is -2.65. The van der Waals surface area contributed by atoms with Crippen LogP contribution in [-0.2, 0) is 13.0 Å². The number of phenolic OH excluding ortho intramolecular Hbond substituents is 1. The first kappa shape index (κ1) is 20.6. The molecule has 162 valence electrons. The third kappa shape index (κ3) is 3.75. The Morgan fingerprint density at radius 3 is 2.97 bits per heavy atom. The number of fused-ring (bicyclic) bond motifs is 1. The second-order valence-electron chi connectivity index (χ2n) is 7.92. The third-order valence-corrected chi connectivity index (χ3v) is 5.92. The Morgan fingerprint density at radius 2 is 2.20 bits per heavy atom. The molecule has 0 bridgehead atoms. The first-order valence-electron chi connectivity index (χ1n) is 10.6. The molecule has 9 nitrogen and oxygen atoms in total. The summed E-state index contributed by atoms with van der Waals surface area (Å²) in [6, 6.07) is 1.96. The van der Waals surface area contributed by atoms with Crippen molar-refractivity contribution in [3.05, 3.63) is 27.5 Å². The van der Waals surface area contributed by atoms with Crippen LogP contribution in [0.2, 0.25) is 0 Å². The second-order valence-corrected chi connectivity index (χ2v) is 7.92. The number of hydrogen-bond donors (Lipinski definition) is 3. The number of benzene rings is 1. The number of likely N-dealkylation sites (tertiary alicyclic amines) is 1. The van der Waals surface area contributed by atoms with Crippen LogP contribution in [0.5, 0.6) is 11.5 Å². The molecule has 3 heterocycles. The molecule has 0 radical (unpaired) electrons. The number of aliphatic hydroxyl groups excluding tert-OH is 1. The average Bonchev–Trinajstić information content (AvgIpc) is 3.19. The Morgan fingerprint density at radius 1 is 1.37 bits per heavy atom. The Kier molecular flexibility index (Phi) is 5.92. The van der Waals surface area contributed by atoms with Gasteiger partial charge in [-0.3, -0.25) is 14.3 Å². The van der Waals surface area contributed by atoms with Crippen LogP contribution in [0.1, 0.15) is 30.9 Å². The lowest BCUT2D eigenvalue weighted by atomic mass is 10.0. The lowest BCUT2D eigenvalue weighted by molar-refractivity contribution is 0.166. The molecule has 2 aromatic rings. The van der Waals surface area contributed by atoms with Gasteiger partial charge in [-0.1, -0.05) is 0 Å². The molecular formula is C21H29N5O4. The van der Waals surface area contributed by atoms with Crippen molar-refractivity contribution in [2.75, 3.05) is 38.2 Å². The smallest absolute Gasteiger partial charge is 0.296 e. The maximum atomic E-state index is 13.2. The summed E-state index contributed by atoms with van der Waals surface area (Å²) in [7, 11) is 0. The summed E-state index contributed by atoms with van der Waals surface area (Å²) in [6.45, 7) is 7.14. The summed E-state index contributed by atoms with van der Waals surface area (Å²) in [5, 5.41) is 31.8. The highest BCUT2D eigenvalue weighted by Crippen LogP contribution is 2.42. The highest BCUT2D eigenvalue weighted by Gasteiger charge is 2.26. The van der Waals surface area contributed by atoms with Gasteiger partial charge in [0.2, 0.25) is 5.82 Å². The van der Waals surface area contributed by atoms with Crippen LogP contribution in [0.25, 0.3) is 11.4 Å². The second kappa shape index (κ2) is 8.61. The number of aromatic nitrogens is 3. The van der Waals surface area contributed by atoms with Gasteiger partial charge >= 0.3 is 0 Å². The quantitative estimate of drug-likeness (QED) is 0.644. The zero-order valence-electron chi connectivity index (χ0n) is 17.5. The summed E-state index contributed by atoms with van der Waals surface area (Å²) in [5.41, 5.74) is 1.82. The van der Waals surface area contributed by atoms with Crippen molar-refractivity contribution in [2.45, 2.75) is 45.7 Å². The topological polar surface area (TPSA) is 113 Å². The predicted octanol–water partition coefficient (Wildman–Crippen LogP) is 1.14. The minimum absolute atomic E-state index is 0.0794. The van der Waals surface area contributed by atoms with Gasteiger partial charge in [-0.15, -0.1) is 10.2 Å². The number of phenols is 1. The van der Waals surface area contributed by atoms with Crippen molar-refractivity contribution < 1.29 is 14.9 Å². The van der Waals surface area contributed by atoms with Gasteiger partial charge in [0.25, 0.3) is 5.56 Å². The summed E-state index contributed by atoms with van der Waals surface area (Å²) in [5.74, 6) is 1.39. The molecule has 0 unspecified atom stereocenters. The maximum Gasteiger partial charge on any atom is 0.296 e. The highest BCUT2D eigenvalue weighted by molar-refractivity contribution is 5.73. The van der Waals surface area contributed by atoms with Crippen LogP contribution < -0.4 is 15.6 Å². The van der Waals surface area contributed by atoms with Crippen LogP contribution in [0.3, 0.4) is 0 Å². The van der Waals surface area contributed by atoms with Crippen molar-refractivity contribution in [1.29, 1.82) is 0 Å². The lowest BCUT2D eigenvalue weighted by Crippen LogP contribution is -2.44. The number of nitrogens with one attached hydrogen (secondary N) is 1. The van der Waals surface area contributed by atoms with Gasteiger partial charge in [-0.25, -0.2) is 0 Å². The highest BCUT2D eigenvalue weighted by atomic mass is 16.5. The van der Waals surface area contributed by atoms with Crippen molar-refractivity contribution in [3.63, 3.8) is 0 Å². The molecule has 9 heteroatoms. The van der Waals surface area contributed by atoms with E-state index < -0.39 is 0 Å². The van der Waals surface area contributed by atoms with Gasteiger partial charge in [0.05, 0.1) is 18.8 Å². The summed E-state index contributed by atoms with van der Waals surface area (Å²) < 4.78 is 7.12. The van der Waals surface area contributed by atoms with E-state index in [2.05, 4.69) is 20.4 Å². The summed E-state index contributed by atoms with van der Waals surface area (Å²) in [6.07, 6.45) is 2.56. The molecular weight excluding hydrogens is 386 g/mol. The van der Waals surface area contributed by atoms with Gasteiger partial charge < -0.3 is 20.3 Å². The molecule has 2 aliphatic heterocycles. The van der Waals surface area contributed by atoms with Gasteiger partial charge in [0.15, 0.2) is 5.82 Å². The number of aromatic hydroxyl groups is 1. The first-order chi connectivity index (χ1) is 14.5. The summed E-state index contributed by atoms with van der Waals surface area (Å²) >= 11 is 0. The van der Waals surface area contributed by atoms with Crippen molar-refractivity contribution in [1.82, 2.24) is 19.7 Å². The molecule has 1 saturated heterocycles. The van der Waals surface area contributed by atoms with Crippen LogP contribution in [0.15, 0.2) is 10.9 Å². The van der Waals surface area contributed by atoms with E-state index in [-0.39, 0.29) is 29.8 Å². The maximum absolute atomic E-state index is 13.2. The predicted molar refractivity (Wildman–Crippen MR) is 113 cm³/mol. The fourth-order valence-electron chi connectivity index (χ4n) is 4.42. The first-order valence-corrected chi connectivity index (χ1v) is 10.6. The number of aryl methyl sites for hydroxylation is 1. The number of nitrogens with zero attached hydrogens (tertiary/aromatic N) is 4. The summed E-state index contributed by atoms with van der Waals surface area (Å²) in [4.78, 5) is 15.3. The largest absolute Gasteiger partial charge is 0.507 e. The standard InChI is InChI=1S/C21H29N5O4/c1-3-26-20(17-13(2)11-16-15(18(17)28)6-10-30-16)24-23-19(21(26)29)22-14-5-4-7-25(12-14)8-9-27/h11,14,27-28H,3-10,12H2,1-2H3,(H,22,23)/t14-/m1/s1. The van der Waals surface area contributed by atoms with E-state index in [1.807, 2.05) is 19.9 Å². The number of hydrogen-bond acceptors (Lipinski definition) is 8. The fraction of sp³-hybridized carbons (Fsp3) is 0.571. The molecule has 1 aromatic carbocycles. The minimum Gasteiger partial charge on any atom is -0.507 e. The zero-order valence-corrected chi connectivity index (χ0v) is 17.5. The van der Waals surface area contributed by atoms with Gasteiger partial charge in [0.1, 0.15) is 11.5 Å². The molecule has 0 aliphatic carbocycles. The van der Waals surface area contributed by atoms with E-state index >= 15 is 0 Å². The third-order valence-electron chi connectivity index (χ3n) is 5.92. The SMILES string of the molecule is CCn1c(-c2c(C)cc3c(c2O)CCO3)nnc(N[C@@H]2CCCN(CCO)C2)c1=O. The van der Waals surface area contributed by atoms with Gasteiger partial charge in [-0.2, -0.15) is 0 Å². The van der Waals surface area contributed by atoms with Crippen molar-refractivity contribution >= 4 is 5.82 Å². The Balaban J connectivity index is 1.67. The van der Waals surface area contributed by atoms with E-state index in [1.165, 1.54) is 0 Å². The Labute approximate surface area is 175 Å². The van der Waals surface area contributed by atoms with Crippen LogP contribution >= 0.6 is 0 Å². The van der Waals surface area contributed by atoms with Crippen LogP contribution in [-0.4, -0.2) is 68.8 Å². The van der Waals surface area contributed by atoms with E-state index in [0.717, 1.165) is 37.1 Å². The van der Waals surface area contributed by atoms with E-state index in [0.29, 0.717) is 43.3 Å². The minimum atomic E-state index is -0.252. The number of anilines is 1. The van der Waals surface area contributed by atoms with E-state index in [4.69, 9.17) is 4.74 Å². The number of β-amino-alcohol motifs (C(OH)–C–C–N with tert-alkyl or cyclic N) is 1. The number of ether oxygens (including phenoxy) is 1. The molecule has 1 aromatic heterocycles. The van der Waals surface area contributed by atoms with E-state index in [9.17, 15) is 15.0 Å².